The fourth-order valence-electron chi connectivity index (χ4n) is 2.28. The molecule has 1 aromatic heterocycles. The number of hydrogen-bond donors (Lipinski definition) is 1. The van der Waals surface area contributed by atoms with Crippen LogP contribution < -0.4 is 5.73 Å². The highest BCUT2D eigenvalue weighted by Gasteiger charge is 2.19. The first-order chi connectivity index (χ1) is 9.67. The second-order valence-corrected chi connectivity index (χ2v) is 4.94. The lowest BCUT2D eigenvalue weighted by atomic mass is 10.1. The molecule has 0 bridgehead atoms. The summed E-state index contributed by atoms with van der Waals surface area (Å²) in [4.78, 5) is 0. The number of benzene rings is 1. The largest absolute Gasteiger partial charge is 0.398 e. The lowest BCUT2D eigenvalue weighted by molar-refractivity contribution is 0.144. The molecular weight excluding hydrogens is 254 g/mol. The Labute approximate surface area is 118 Å². The molecule has 2 rings (SSSR count). The van der Waals surface area contributed by atoms with Crippen LogP contribution in [0.3, 0.4) is 0 Å². The molecule has 0 fully saturated rings. The van der Waals surface area contributed by atoms with Gasteiger partial charge >= 0.3 is 0 Å². The standard InChI is InChI=1S/C14H21N5O/c1-4-5-11(9-20-3)19-14(16-17-18-19)12-8-10(2)6-7-13(12)15/h6-8,11H,4-5,9,15H2,1-3H3. The van der Waals surface area contributed by atoms with Crippen LogP contribution in [0.5, 0.6) is 0 Å². The topological polar surface area (TPSA) is 78.8 Å². The van der Waals surface area contributed by atoms with E-state index in [4.69, 9.17) is 10.5 Å². The molecule has 108 valence electrons. The van der Waals surface area contributed by atoms with Gasteiger partial charge in [-0.05, 0) is 35.9 Å². The van der Waals surface area contributed by atoms with E-state index in [1.54, 1.807) is 7.11 Å². The van der Waals surface area contributed by atoms with Gasteiger partial charge < -0.3 is 10.5 Å². The summed E-state index contributed by atoms with van der Waals surface area (Å²) in [6.45, 7) is 4.74. The molecule has 2 N–H and O–H groups in total. The molecule has 1 atom stereocenters. The van der Waals surface area contributed by atoms with E-state index in [9.17, 15) is 0 Å². The third-order valence-corrected chi connectivity index (χ3v) is 3.27. The summed E-state index contributed by atoms with van der Waals surface area (Å²) in [5, 5.41) is 12.1. The fraction of sp³-hybridized carbons (Fsp3) is 0.500. The Morgan fingerprint density at radius 3 is 2.90 bits per heavy atom. The van der Waals surface area contributed by atoms with Crippen molar-refractivity contribution < 1.29 is 4.74 Å². The molecular formula is C14H21N5O. The Hall–Kier alpha value is -1.95. The van der Waals surface area contributed by atoms with Crippen LogP contribution in [-0.2, 0) is 4.74 Å². The SMILES string of the molecule is CCCC(COC)n1nnnc1-c1cc(C)ccc1N. The fourth-order valence-corrected chi connectivity index (χ4v) is 2.28. The lowest BCUT2D eigenvalue weighted by Crippen LogP contribution is -2.17. The number of nitrogens with two attached hydrogens (primary N) is 1. The molecule has 20 heavy (non-hydrogen) atoms. The first-order valence-corrected chi connectivity index (χ1v) is 6.80. The minimum Gasteiger partial charge on any atom is -0.398 e. The van der Waals surface area contributed by atoms with Crippen molar-refractivity contribution in [1.82, 2.24) is 20.2 Å². The predicted molar refractivity (Wildman–Crippen MR) is 78.2 cm³/mol. The monoisotopic (exact) mass is 275 g/mol. The van der Waals surface area contributed by atoms with Gasteiger partial charge in [0.2, 0.25) is 0 Å². The van der Waals surface area contributed by atoms with Crippen molar-refractivity contribution in [3.63, 3.8) is 0 Å². The van der Waals surface area contributed by atoms with Gasteiger partial charge in [0.05, 0.1) is 12.6 Å². The van der Waals surface area contributed by atoms with Crippen LogP contribution in [0, 0.1) is 6.92 Å². The Balaban J connectivity index is 2.43. The molecule has 0 aliphatic carbocycles. The van der Waals surface area contributed by atoms with Gasteiger partial charge in [-0.15, -0.1) is 5.10 Å². The highest BCUT2D eigenvalue weighted by molar-refractivity contribution is 5.72. The van der Waals surface area contributed by atoms with Gasteiger partial charge in [-0.1, -0.05) is 25.0 Å². The number of aromatic nitrogens is 4. The number of rotatable bonds is 6. The maximum Gasteiger partial charge on any atom is 0.184 e. The molecule has 1 aromatic carbocycles. The van der Waals surface area contributed by atoms with Crippen LogP contribution in [0.25, 0.3) is 11.4 Å². The Morgan fingerprint density at radius 2 is 2.20 bits per heavy atom. The van der Waals surface area contributed by atoms with Gasteiger partial charge in [0, 0.05) is 18.4 Å². The zero-order chi connectivity index (χ0) is 14.5. The van der Waals surface area contributed by atoms with E-state index < -0.39 is 0 Å². The van der Waals surface area contributed by atoms with E-state index in [0.29, 0.717) is 18.1 Å². The second kappa shape index (κ2) is 6.47. The highest BCUT2D eigenvalue weighted by atomic mass is 16.5. The van der Waals surface area contributed by atoms with Gasteiger partial charge in [0.25, 0.3) is 0 Å². The molecule has 0 aliphatic rings. The lowest BCUT2D eigenvalue weighted by Gasteiger charge is -2.17. The summed E-state index contributed by atoms with van der Waals surface area (Å²) >= 11 is 0. The first-order valence-electron chi connectivity index (χ1n) is 6.80. The van der Waals surface area contributed by atoms with Crippen LogP contribution in [-0.4, -0.2) is 33.9 Å². The minimum absolute atomic E-state index is 0.120. The third-order valence-electron chi connectivity index (χ3n) is 3.27. The summed E-state index contributed by atoms with van der Waals surface area (Å²) < 4.78 is 7.10. The highest BCUT2D eigenvalue weighted by Crippen LogP contribution is 2.27. The predicted octanol–water partition coefficient (Wildman–Crippen LogP) is 2.22. The Kier molecular flexibility index (Phi) is 4.68. The average molecular weight is 275 g/mol. The molecule has 0 radical (unpaired) electrons. The molecule has 1 unspecified atom stereocenters. The molecule has 6 nitrogen and oxygen atoms in total. The maximum absolute atomic E-state index is 6.06. The van der Waals surface area contributed by atoms with Gasteiger partial charge in [-0.25, -0.2) is 4.68 Å². The number of tetrazole rings is 1. The zero-order valence-electron chi connectivity index (χ0n) is 12.2. The summed E-state index contributed by atoms with van der Waals surface area (Å²) in [5.74, 6) is 0.696. The summed E-state index contributed by atoms with van der Waals surface area (Å²) in [5.41, 5.74) is 8.73. The summed E-state index contributed by atoms with van der Waals surface area (Å²) in [7, 11) is 1.69. The second-order valence-electron chi connectivity index (χ2n) is 4.94. The van der Waals surface area contributed by atoms with E-state index in [-0.39, 0.29) is 6.04 Å². The van der Waals surface area contributed by atoms with Crippen molar-refractivity contribution in [1.29, 1.82) is 0 Å². The van der Waals surface area contributed by atoms with E-state index in [1.807, 2.05) is 29.8 Å². The molecule has 6 heteroatoms. The van der Waals surface area contributed by atoms with Crippen molar-refractivity contribution in [2.75, 3.05) is 19.5 Å². The Morgan fingerprint density at radius 1 is 1.40 bits per heavy atom. The van der Waals surface area contributed by atoms with Crippen molar-refractivity contribution in [2.24, 2.45) is 0 Å². The van der Waals surface area contributed by atoms with E-state index in [0.717, 1.165) is 24.0 Å². The normalized spacial score (nSPS) is 12.6. The number of ether oxygens (including phenoxy) is 1. The van der Waals surface area contributed by atoms with Gasteiger partial charge in [0.1, 0.15) is 0 Å². The molecule has 0 spiro atoms. The Bertz CT molecular complexity index is 560. The quantitative estimate of drug-likeness (QED) is 0.818. The number of hydrogen-bond acceptors (Lipinski definition) is 5. The van der Waals surface area contributed by atoms with Crippen molar-refractivity contribution in [2.45, 2.75) is 32.7 Å². The number of aryl methyl sites for hydroxylation is 1. The van der Waals surface area contributed by atoms with E-state index in [1.165, 1.54) is 0 Å². The van der Waals surface area contributed by atoms with Crippen LogP contribution in [0.4, 0.5) is 5.69 Å². The first kappa shape index (κ1) is 14.5. The van der Waals surface area contributed by atoms with Crippen molar-refractivity contribution >= 4 is 5.69 Å². The molecule has 1 heterocycles. The number of anilines is 1. The maximum atomic E-state index is 6.06. The summed E-state index contributed by atoms with van der Waals surface area (Å²) in [6.07, 6.45) is 1.99. The summed E-state index contributed by atoms with van der Waals surface area (Å²) in [6, 6.07) is 5.99. The smallest absolute Gasteiger partial charge is 0.184 e. The number of nitrogens with zero attached hydrogens (tertiary/aromatic N) is 4. The van der Waals surface area contributed by atoms with Gasteiger partial charge in [-0.2, -0.15) is 0 Å². The number of methoxy groups -OCH3 is 1. The molecule has 0 saturated heterocycles. The molecule has 0 amide bonds. The van der Waals surface area contributed by atoms with Crippen LogP contribution in [0.1, 0.15) is 31.4 Å². The molecule has 0 aliphatic heterocycles. The van der Waals surface area contributed by atoms with Crippen molar-refractivity contribution in [3.05, 3.63) is 23.8 Å². The van der Waals surface area contributed by atoms with Gasteiger partial charge in [-0.3, -0.25) is 0 Å². The van der Waals surface area contributed by atoms with Crippen LogP contribution >= 0.6 is 0 Å². The van der Waals surface area contributed by atoms with Crippen LogP contribution in [0.2, 0.25) is 0 Å². The van der Waals surface area contributed by atoms with Crippen molar-refractivity contribution in [3.8, 4) is 11.4 Å². The van der Waals surface area contributed by atoms with Crippen LogP contribution in [0.15, 0.2) is 18.2 Å². The minimum atomic E-state index is 0.120. The average Bonchev–Trinajstić information content (AvgIpc) is 2.90. The molecule has 2 aromatic rings. The third kappa shape index (κ3) is 2.96. The van der Waals surface area contributed by atoms with E-state index in [2.05, 4.69) is 22.4 Å². The number of nitrogen functional groups attached to an aromatic ring is 1. The van der Waals surface area contributed by atoms with E-state index >= 15 is 0 Å². The molecule has 0 saturated carbocycles. The van der Waals surface area contributed by atoms with Gasteiger partial charge in [0.15, 0.2) is 5.82 Å². The zero-order valence-corrected chi connectivity index (χ0v) is 12.2.